The molecule has 0 spiro atoms. The molecule has 0 atom stereocenters. The number of rotatable bonds is 4. The largest absolute Gasteiger partial charge is 0.454 e. The minimum absolute atomic E-state index is 0.0421. The minimum Gasteiger partial charge on any atom is -0.454 e. The van der Waals surface area contributed by atoms with Crippen LogP contribution in [0.5, 0.6) is 0 Å². The van der Waals surface area contributed by atoms with E-state index in [2.05, 4.69) is 5.10 Å². The predicted octanol–water partition coefficient (Wildman–Crippen LogP) is 4.48. The van der Waals surface area contributed by atoms with Gasteiger partial charge in [-0.3, -0.25) is 0 Å². The Morgan fingerprint density at radius 1 is 1.15 bits per heavy atom. The molecule has 2 N–H and O–H groups in total. The fourth-order valence-electron chi connectivity index (χ4n) is 2.81. The monoisotopic (exact) mass is 370 g/mol. The molecule has 4 rings (SSSR count). The third kappa shape index (κ3) is 3.24. The summed E-state index contributed by atoms with van der Waals surface area (Å²) < 4.78 is 7.71. The molecular weight excluding hydrogens is 356 g/mol. The highest BCUT2D eigenvalue weighted by molar-refractivity contribution is 7.80. The van der Waals surface area contributed by atoms with Crippen LogP contribution in [0.4, 0.5) is 0 Å². The Morgan fingerprint density at radius 2 is 1.89 bits per heavy atom. The molecule has 0 aliphatic carbocycles. The Kier molecular flexibility index (Phi) is 4.29. The smallest absolute Gasteiger partial charge is 0.156 e. The number of benzene rings is 2. The molecule has 0 unspecified atom stereocenters. The maximum absolute atomic E-state index is 9.32. The van der Waals surface area contributed by atoms with Crippen LogP contribution >= 0.6 is 12.2 Å². The number of furan rings is 1. The zero-order chi connectivity index (χ0) is 18.8. The Labute approximate surface area is 160 Å². The molecule has 27 heavy (non-hydrogen) atoms. The second-order valence-corrected chi connectivity index (χ2v) is 6.34. The van der Waals surface area contributed by atoms with Gasteiger partial charge in [0.2, 0.25) is 0 Å². The topological polar surface area (TPSA) is 80.8 Å². The summed E-state index contributed by atoms with van der Waals surface area (Å²) in [4.78, 5) is 0.0421. The number of hydrogen-bond donors (Lipinski definition) is 1. The summed E-state index contributed by atoms with van der Waals surface area (Å²) in [5.74, 6) is 0.609. The molecule has 0 saturated heterocycles. The van der Waals surface area contributed by atoms with E-state index in [1.54, 1.807) is 10.8 Å². The molecule has 0 aliphatic rings. The van der Waals surface area contributed by atoms with Crippen molar-refractivity contribution in [1.29, 1.82) is 5.26 Å². The average Bonchev–Trinajstić information content (AvgIpc) is 3.30. The number of nitriles is 1. The first-order chi connectivity index (χ1) is 13.2. The first-order valence-electron chi connectivity index (χ1n) is 8.21. The minimum atomic E-state index is 0.0421. The highest BCUT2D eigenvalue weighted by atomic mass is 32.1. The molecule has 0 aliphatic heterocycles. The molecule has 2 aromatic heterocycles. The zero-order valence-corrected chi connectivity index (χ0v) is 15.0. The highest BCUT2D eigenvalue weighted by Gasteiger charge is 2.16. The normalized spacial score (nSPS) is 11.4. The van der Waals surface area contributed by atoms with Crippen molar-refractivity contribution in [2.75, 3.05) is 0 Å². The molecule has 0 saturated carbocycles. The van der Waals surface area contributed by atoms with Crippen molar-refractivity contribution in [2.45, 2.75) is 0 Å². The van der Waals surface area contributed by atoms with E-state index in [4.69, 9.17) is 22.4 Å². The summed E-state index contributed by atoms with van der Waals surface area (Å²) in [6.07, 6.45) is 3.46. The van der Waals surface area contributed by atoms with Crippen LogP contribution in [0.3, 0.4) is 0 Å². The third-order valence-corrected chi connectivity index (χ3v) is 4.33. The number of hydrogen-bond acceptors (Lipinski definition) is 4. The summed E-state index contributed by atoms with van der Waals surface area (Å²) >= 11 is 4.96. The van der Waals surface area contributed by atoms with Crippen molar-refractivity contribution in [3.8, 4) is 23.2 Å². The average molecular weight is 370 g/mol. The summed E-state index contributed by atoms with van der Waals surface area (Å²) in [5.41, 5.74) is 8.84. The standard InChI is InChI=1S/C21H14N4OS/c22-12-15(21(23)27)10-16-13-25(17-7-2-1-3-8-17)24-20(16)19-11-14-6-4-5-9-18(14)26-19/h1-11,13H,(H2,23,27). The number of nitrogens with two attached hydrogens (primary N) is 1. The van der Waals surface area contributed by atoms with Crippen molar-refractivity contribution in [1.82, 2.24) is 9.78 Å². The summed E-state index contributed by atoms with van der Waals surface area (Å²) in [7, 11) is 0. The quantitative estimate of drug-likeness (QED) is 0.325. The van der Waals surface area contributed by atoms with Crippen LogP contribution in [0.1, 0.15) is 5.56 Å². The number of aromatic nitrogens is 2. The lowest BCUT2D eigenvalue weighted by Crippen LogP contribution is -2.09. The van der Waals surface area contributed by atoms with Gasteiger partial charge in [-0.2, -0.15) is 10.4 Å². The van der Waals surface area contributed by atoms with Crippen molar-refractivity contribution in [3.63, 3.8) is 0 Å². The van der Waals surface area contributed by atoms with Crippen LogP contribution in [-0.4, -0.2) is 14.8 Å². The van der Waals surface area contributed by atoms with Gasteiger partial charge in [0.15, 0.2) is 5.76 Å². The SMILES string of the molecule is N#CC(=Cc1cn(-c2ccccc2)nc1-c1cc2ccccc2o1)C(N)=S. The number of fused-ring (bicyclic) bond motifs is 1. The van der Waals surface area contributed by atoms with E-state index in [0.717, 1.165) is 16.7 Å². The molecule has 130 valence electrons. The van der Waals surface area contributed by atoms with Gasteiger partial charge in [-0.1, -0.05) is 48.6 Å². The lowest BCUT2D eigenvalue weighted by atomic mass is 10.1. The van der Waals surface area contributed by atoms with E-state index >= 15 is 0 Å². The number of nitrogens with zero attached hydrogens (tertiary/aromatic N) is 3. The van der Waals surface area contributed by atoms with Gasteiger partial charge >= 0.3 is 0 Å². The van der Waals surface area contributed by atoms with Gasteiger partial charge < -0.3 is 10.2 Å². The fourth-order valence-corrected chi connectivity index (χ4v) is 2.91. The van der Waals surface area contributed by atoms with Gasteiger partial charge in [-0.15, -0.1) is 0 Å². The van der Waals surface area contributed by atoms with Crippen LogP contribution < -0.4 is 5.73 Å². The van der Waals surface area contributed by atoms with Gasteiger partial charge in [-0.05, 0) is 30.3 Å². The zero-order valence-electron chi connectivity index (χ0n) is 14.2. The van der Waals surface area contributed by atoms with E-state index < -0.39 is 0 Å². The molecule has 0 fully saturated rings. The molecular formula is C21H14N4OS. The molecule has 0 bridgehead atoms. The van der Waals surface area contributed by atoms with E-state index in [-0.39, 0.29) is 10.6 Å². The summed E-state index contributed by atoms with van der Waals surface area (Å²) in [6.45, 7) is 0. The Bertz CT molecular complexity index is 1180. The third-order valence-electron chi connectivity index (χ3n) is 4.11. The van der Waals surface area contributed by atoms with Gasteiger partial charge in [0.25, 0.3) is 0 Å². The van der Waals surface area contributed by atoms with Crippen LogP contribution in [0.25, 0.3) is 34.2 Å². The van der Waals surface area contributed by atoms with Crippen molar-refractivity contribution in [2.24, 2.45) is 5.73 Å². The maximum Gasteiger partial charge on any atom is 0.156 e. The highest BCUT2D eigenvalue weighted by Crippen LogP contribution is 2.31. The van der Waals surface area contributed by atoms with E-state index in [1.807, 2.05) is 72.9 Å². The molecule has 0 amide bonds. The lowest BCUT2D eigenvalue weighted by Gasteiger charge is -1.98. The predicted molar refractivity (Wildman–Crippen MR) is 109 cm³/mol. The Hall–Kier alpha value is -3.69. The second kappa shape index (κ2) is 6.90. The summed E-state index contributed by atoms with van der Waals surface area (Å²) in [5, 5.41) is 15.0. The molecule has 5 nitrogen and oxygen atoms in total. The van der Waals surface area contributed by atoms with Gasteiger partial charge in [-0.25, -0.2) is 4.68 Å². The van der Waals surface area contributed by atoms with Gasteiger partial charge in [0, 0.05) is 17.1 Å². The first kappa shape index (κ1) is 16.8. The van der Waals surface area contributed by atoms with Crippen molar-refractivity contribution < 1.29 is 4.42 Å². The van der Waals surface area contributed by atoms with E-state index in [1.165, 1.54) is 0 Å². The van der Waals surface area contributed by atoms with Crippen molar-refractivity contribution >= 4 is 34.3 Å². The van der Waals surface area contributed by atoms with E-state index in [9.17, 15) is 5.26 Å². The molecule has 2 aromatic carbocycles. The Balaban J connectivity index is 1.92. The maximum atomic E-state index is 9.32. The van der Waals surface area contributed by atoms with Crippen LogP contribution in [0, 0.1) is 11.3 Å². The van der Waals surface area contributed by atoms with Gasteiger partial charge in [0.1, 0.15) is 22.3 Å². The molecule has 0 radical (unpaired) electrons. The van der Waals surface area contributed by atoms with Crippen LogP contribution in [0.15, 0.2) is 76.9 Å². The van der Waals surface area contributed by atoms with Crippen molar-refractivity contribution in [3.05, 3.63) is 78.0 Å². The second-order valence-electron chi connectivity index (χ2n) is 5.90. The number of para-hydroxylation sites is 2. The molecule has 6 heteroatoms. The summed E-state index contributed by atoms with van der Waals surface area (Å²) in [6, 6.07) is 21.4. The number of thiocarbonyl (C=S) groups is 1. The lowest BCUT2D eigenvalue weighted by molar-refractivity contribution is 0.627. The molecule has 4 aromatic rings. The van der Waals surface area contributed by atoms with Crippen LogP contribution in [-0.2, 0) is 0 Å². The fraction of sp³-hybridized carbons (Fsp3) is 0. The molecule has 2 heterocycles. The van der Waals surface area contributed by atoms with Gasteiger partial charge in [0.05, 0.1) is 11.3 Å². The van der Waals surface area contributed by atoms with E-state index in [0.29, 0.717) is 17.0 Å². The van der Waals surface area contributed by atoms with Crippen LogP contribution in [0.2, 0.25) is 0 Å². The Morgan fingerprint density at radius 3 is 2.59 bits per heavy atom. The first-order valence-corrected chi connectivity index (χ1v) is 8.62.